The van der Waals surface area contributed by atoms with Gasteiger partial charge in [-0.25, -0.2) is 0 Å². The fraction of sp³-hybridized carbons (Fsp3) is 0.500. The first-order valence-electron chi connectivity index (χ1n) is 6.66. The van der Waals surface area contributed by atoms with Crippen LogP contribution in [0.25, 0.3) is 0 Å². The Morgan fingerprint density at radius 3 is 2.90 bits per heavy atom. The molecule has 6 nitrogen and oxygen atoms in total. The monoisotopic (exact) mass is 358 g/mol. The van der Waals surface area contributed by atoms with Crippen LogP contribution < -0.4 is 11.2 Å². The van der Waals surface area contributed by atoms with Gasteiger partial charge in [0.1, 0.15) is 0 Å². The van der Waals surface area contributed by atoms with Crippen molar-refractivity contribution in [1.82, 2.24) is 9.55 Å². The molecule has 1 aromatic heterocycles. The van der Waals surface area contributed by atoms with Gasteiger partial charge in [0.25, 0.3) is 0 Å². The van der Waals surface area contributed by atoms with Crippen molar-refractivity contribution < 1.29 is 9.53 Å². The molecule has 0 unspecified atom stereocenters. The number of carbonyl (C=O) groups excluding carboxylic acids is 1. The number of rotatable bonds is 5. The van der Waals surface area contributed by atoms with E-state index in [1.807, 2.05) is 18.0 Å². The van der Waals surface area contributed by atoms with E-state index in [-0.39, 0.29) is 23.5 Å². The quantitative estimate of drug-likeness (QED) is 0.472. The van der Waals surface area contributed by atoms with Crippen molar-refractivity contribution in [2.24, 2.45) is 5.92 Å². The summed E-state index contributed by atoms with van der Waals surface area (Å²) >= 11 is 0.332. The number of nitrogens with one attached hydrogen (secondary N) is 1. The molecule has 0 spiro atoms. The van der Waals surface area contributed by atoms with Crippen LogP contribution in [-0.2, 0) is 14.9 Å². The zero-order valence-electron chi connectivity index (χ0n) is 12.0. The van der Waals surface area contributed by atoms with Gasteiger partial charge < -0.3 is 0 Å². The van der Waals surface area contributed by atoms with Crippen LogP contribution in [0.15, 0.2) is 27.9 Å². The fourth-order valence-corrected chi connectivity index (χ4v) is 3.42. The van der Waals surface area contributed by atoms with Crippen molar-refractivity contribution in [2.45, 2.75) is 30.5 Å². The van der Waals surface area contributed by atoms with E-state index in [1.165, 1.54) is 6.92 Å². The van der Waals surface area contributed by atoms with Crippen LogP contribution in [0.2, 0.25) is 5.82 Å². The van der Waals surface area contributed by atoms with E-state index in [4.69, 9.17) is 4.74 Å². The second-order valence-corrected chi connectivity index (χ2v) is 6.82. The summed E-state index contributed by atoms with van der Waals surface area (Å²) < 4.78 is 6.55. The molecule has 0 aromatic carbocycles. The molecule has 0 aliphatic heterocycles. The van der Waals surface area contributed by atoms with E-state index >= 15 is 0 Å². The van der Waals surface area contributed by atoms with E-state index in [9.17, 15) is 14.4 Å². The maximum absolute atomic E-state index is 11.9. The zero-order chi connectivity index (χ0) is 15.4. The topological polar surface area (TPSA) is 81.2 Å². The summed E-state index contributed by atoms with van der Waals surface area (Å²) in [5, 5.41) is 0.704. The number of ether oxygens (including phenoxy) is 1. The van der Waals surface area contributed by atoms with Crippen LogP contribution in [0.5, 0.6) is 0 Å². The molecule has 1 aliphatic carbocycles. The molecule has 1 aromatic rings. The average Bonchev–Trinajstić information content (AvgIpc) is 2.88. The van der Waals surface area contributed by atoms with Crippen LogP contribution in [0.1, 0.15) is 24.9 Å². The number of hydrogen-bond acceptors (Lipinski definition) is 4. The molecule has 2 rings (SSSR count). The number of nitrogens with zero attached hydrogens (tertiary/aromatic N) is 1. The van der Waals surface area contributed by atoms with Gasteiger partial charge in [-0.1, -0.05) is 0 Å². The molecule has 114 valence electrons. The first-order chi connectivity index (χ1) is 10.0. The molecule has 2 atom stereocenters. The minimum atomic E-state index is -0.393. The van der Waals surface area contributed by atoms with Crippen LogP contribution in [0, 0.1) is 5.92 Å². The Labute approximate surface area is 128 Å². The van der Waals surface area contributed by atoms with Gasteiger partial charge in [0, 0.05) is 0 Å². The average molecular weight is 357 g/mol. The zero-order valence-corrected chi connectivity index (χ0v) is 13.7. The SMILES string of the molecule is C[Se]Cc1cn([C@H]2C=C[C@@H](COC(C)=O)C2)c(=O)[nH]c1=O. The van der Waals surface area contributed by atoms with Gasteiger partial charge in [-0.3, -0.25) is 0 Å². The summed E-state index contributed by atoms with van der Waals surface area (Å²) in [4.78, 5) is 36.9. The normalized spacial score (nSPS) is 20.7. The Morgan fingerprint density at radius 2 is 2.24 bits per heavy atom. The number of esters is 1. The molecule has 0 saturated heterocycles. The van der Waals surface area contributed by atoms with Gasteiger partial charge in [0.15, 0.2) is 0 Å². The Kier molecular flexibility index (Phi) is 5.20. The number of aromatic nitrogens is 2. The molecular formula is C14H18N2O4Se. The summed E-state index contributed by atoms with van der Waals surface area (Å²) in [5.41, 5.74) is -0.0394. The van der Waals surface area contributed by atoms with Crippen LogP contribution in [0.3, 0.4) is 0 Å². The molecule has 1 heterocycles. The summed E-state index contributed by atoms with van der Waals surface area (Å²) in [5.74, 6) is 1.85. The van der Waals surface area contributed by atoms with Crippen molar-refractivity contribution in [1.29, 1.82) is 0 Å². The van der Waals surface area contributed by atoms with Gasteiger partial charge in [0.2, 0.25) is 0 Å². The van der Waals surface area contributed by atoms with Gasteiger partial charge >= 0.3 is 128 Å². The third kappa shape index (κ3) is 3.95. The molecular weight excluding hydrogens is 339 g/mol. The number of allylic oxidation sites excluding steroid dienone is 1. The van der Waals surface area contributed by atoms with Gasteiger partial charge in [-0.15, -0.1) is 0 Å². The van der Waals surface area contributed by atoms with E-state index in [0.717, 1.165) is 0 Å². The number of aromatic amines is 1. The third-order valence-electron chi connectivity index (χ3n) is 3.35. The molecule has 0 saturated carbocycles. The van der Waals surface area contributed by atoms with Crippen LogP contribution in [0.4, 0.5) is 0 Å². The fourth-order valence-electron chi connectivity index (χ4n) is 2.34. The molecule has 21 heavy (non-hydrogen) atoms. The predicted octanol–water partition coefficient (Wildman–Crippen LogP) is 0.469. The van der Waals surface area contributed by atoms with Crippen LogP contribution in [-0.4, -0.2) is 37.1 Å². The van der Waals surface area contributed by atoms with Gasteiger partial charge in [-0.2, -0.15) is 0 Å². The first-order valence-corrected chi connectivity index (χ1v) is 9.58. The standard InChI is InChI=1S/C14H18N2O4Se/c1-9(17)20-7-10-3-4-12(5-10)16-6-11(8-21-2)13(18)15-14(16)19/h3-4,6,10,12H,5,7-8H2,1-2H3,(H,15,18,19)/t10-,12+/m1/s1. The van der Waals surface area contributed by atoms with E-state index in [1.54, 1.807) is 10.8 Å². The van der Waals surface area contributed by atoms with E-state index in [2.05, 4.69) is 4.98 Å². The first kappa shape index (κ1) is 15.8. The van der Waals surface area contributed by atoms with Crippen molar-refractivity contribution in [3.05, 3.63) is 44.8 Å². The van der Waals surface area contributed by atoms with Crippen molar-refractivity contribution in [2.75, 3.05) is 6.61 Å². The molecule has 1 N–H and O–H groups in total. The summed E-state index contributed by atoms with van der Waals surface area (Å²) in [7, 11) is 0. The summed E-state index contributed by atoms with van der Waals surface area (Å²) in [6, 6.07) is -0.0991. The minimum absolute atomic E-state index is 0.0991. The molecule has 0 fully saturated rings. The van der Waals surface area contributed by atoms with Gasteiger partial charge in [0.05, 0.1) is 0 Å². The van der Waals surface area contributed by atoms with E-state index in [0.29, 0.717) is 38.9 Å². The predicted molar refractivity (Wildman–Crippen MR) is 79.6 cm³/mol. The molecule has 7 heteroatoms. The third-order valence-corrected chi connectivity index (χ3v) is 4.61. The van der Waals surface area contributed by atoms with Crippen molar-refractivity contribution in [3.63, 3.8) is 0 Å². The Hall–Kier alpha value is -1.59. The number of carbonyl (C=O) groups is 1. The van der Waals surface area contributed by atoms with Gasteiger partial charge in [-0.05, 0) is 0 Å². The van der Waals surface area contributed by atoms with Crippen molar-refractivity contribution in [3.8, 4) is 0 Å². The summed E-state index contributed by atoms with van der Waals surface area (Å²) in [6.45, 7) is 1.70. The second kappa shape index (κ2) is 6.91. The van der Waals surface area contributed by atoms with Crippen LogP contribution >= 0.6 is 0 Å². The second-order valence-electron chi connectivity index (χ2n) is 5.00. The molecule has 1 aliphatic rings. The number of hydrogen-bond donors (Lipinski definition) is 1. The number of H-pyrrole nitrogens is 1. The van der Waals surface area contributed by atoms with Crippen molar-refractivity contribution >= 4 is 20.9 Å². The molecule has 0 radical (unpaired) electrons. The Morgan fingerprint density at radius 1 is 1.48 bits per heavy atom. The molecule has 0 bridgehead atoms. The molecule has 0 amide bonds. The van der Waals surface area contributed by atoms with E-state index < -0.39 is 5.69 Å². The summed E-state index contributed by atoms with van der Waals surface area (Å²) in [6.07, 6.45) is 6.23. The maximum atomic E-state index is 11.9. The Bertz CT molecular complexity index is 662. The Balaban J connectivity index is 2.15.